The number of pyridine rings is 1. The molecule has 2 atom stereocenters. The van der Waals surface area contributed by atoms with Crippen LogP contribution in [0.3, 0.4) is 0 Å². The lowest BCUT2D eigenvalue weighted by Gasteiger charge is -2.58. The van der Waals surface area contributed by atoms with Crippen molar-refractivity contribution >= 4 is 23.1 Å². The summed E-state index contributed by atoms with van der Waals surface area (Å²) < 4.78 is 0. The van der Waals surface area contributed by atoms with Crippen molar-refractivity contribution < 1.29 is 0 Å². The molecule has 5 heteroatoms. The highest BCUT2D eigenvalue weighted by molar-refractivity contribution is 5.86. The van der Waals surface area contributed by atoms with Crippen molar-refractivity contribution in [3.05, 3.63) is 66.1 Å². The van der Waals surface area contributed by atoms with Crippen molar-refractivity contribution in [3.63, 3.8) is 0 Å². The van der Waals surface area contributed by atoms with E-state index in [9.17, 15) is 0 Å². The Kier molecular flexibility index (Phi) is 2.61. The maximum atomic E-state index is 4.75. The zero-order valence-corrected chi connectivity index (χ0v) is 15.7. The van der Waals surface area contributed by atoms with Crippen LogP contribution >= 0.6 is 0 Å². The molecule has 0 N–H and O–H groups in total. The van der Waals surface area contributed by atoms with Crippen LogP contribution in [-0.4, -0.2) is 21.1 Å². The molecule has 134 valence electrons. The summed E-state index contributed by atoms with van der Waals surface area (Å²) in [7, 11) is 0. The molecule has 2 aromatic heterocycles. The Hall–Kier alpha value is -2.95. The Labute approximate surface area is 158 Å². The molecule has 4 aliphatic heterocycles. The van der Waals surface area contributed by atoms with Gasteiger partial charge in [-0.1, -0.05) is 45.0 Å². The molecular formula is C22H21N5. The van der Waals surface area contributed by atoms with E-state index < -0.39 is 0 Å². The highest BCUT2D eigenvalue weighted by atomic mass is 15.5. The van der Waals surface area contributed by atoms with E-state index in [4.69, 9.17) is 15.0 Å². The second-order valence-corrected chi connectivity index (χ2v) is 8.58. The molecule has 0 spiro atoms. The predicted octanol–water partition coefficient (Wildman–Crippen LogP) is 4.34. The number of para-hydroxylation sites is 1. The Morgan fingerprint density at radius 1 is 0.889 bits per heavy atom. The number of fused-ring (bicyclic) bond motifs is 6. The molecule has 27 heavy (non-hydrogen) atoms. The molecule has 0 aliphatic carbocycles. The Morgan fingerprint density at radius 2 is 1.63 bits per heavy atom. The van der Waals surface area contributed by atoms with Crippen LogP contribution in [0.2, 0.25) is 0 Å². The van der Waals surface area contributed by atoms with Gasteiger partial charge in [0.25, 0.3) is 0 Å². The average molecular weight is 355 g/mol. The van der Waals surface area contributed by atoms with Gasteiger partial charge in [-0.05, 0) is 29.7 Å². The summed E-state index contributed by atoms with van der Waals surface area (Å²) in [6.07, 6.45) is 6.62. The Bertz CT molecular complexity index is 1070. The normalized spacial score (nSPS) is 26.1. The first-order chi connectivity index (χ1) is 13.0. The SMILES string of the molecule is CC1(C)c2ccccc2N2c3nccnc3N3c4ccc(cn4)CC1(C)C32. The van der Waals surface area contributed by atoms with E-state index in [1.165, 1.54) is 16.8 Å². The zero-order chi connectivity index (χ0) is 18.4. The third kappa shape index (κ3) is 1.63. The fraction of sp³-hybridized carbons (Fsp3) is 0.318. The average Bonchev–Trinajstić information content (AvgIpc) is 3.02. The van der Waals surface area contributed by atoms with E-state index in [1.54, 1.807) is 12.4 Å². The van der Waals surface area contributed by atoms with Crippen LogP contribution in [0, 0.1) is 5.41 Å². The number of aromatic nitrogens is 3. The molecule has 2 bridgehead atoms. The van der Waals surface area contributed by atoms with Gasteiger partial charge in [-0.2, -0.15) is 0 Å². The van der Waals surface area contributed by atoms with Crippen LogP contribution in [0.15, 0.2) is 55.0 Å². The maximum Gasteiger partial charge on any atom is 0.179 e. The summed E-state index contributed by atoms with van der Waals surface area (Å²) in [5.74, 6) is 2.75. The number of rotatable bonds is 0. The van der Waals surface area contributed by atoms with Gasteiger partial charge in [0.15, 0.2) is 11.6 Å². The standard InChI is InChI=1S/C22H21N5/c1-21(2)15-6-4-5-7-16(15)26-18-19(24-11-10-23-18)27-17-9-8-14(13-25-17)12-22(21,3)20(26)27/h4-11,13,20H,12H2,1-3H3. The third-order valence-electron chi connectivity index (χ3n) is 7.07. The minimum Gasteiger partial charge on any atom is -0.301 e. The highest BCUT2D eigenvalue weighted by Crippen LogP contribution is 2.62. The number of hydrogen-bond acceptors (Lipinski definition) is 5. The molecule has 4 aliphatic rings. The van der Waals surface area contributed by atoms with Gasteiger partial charge >= 0.3 is 0 Å². The first-order valence-electron chi connectivity index (χ1n) is 9.46. The number of hydrogen-bond donors (Lipinski definition) is 0. The molecule has 0 fully saturated rings. The van der Waals surface area contributed by atoms with E-state index in [-0.39, 0.29) is 17.0 Å². The molecular weight excluding hydrogens is 334 g/mol. The van der Waals surface area contributed by atoms with E-state index >= 15 is 0 Å². The highest BCUT2D eigenvalue weighted by Gasteiger charge is 2.61. The predicted molar refractivity (Wildman–Crippen MR) is 106 cm³/mol. The quantitative estimate of drug-likeness (QED) is 0.600. The van der Waals surface area contributed by atoms with E-state index in [1.807, 2.05) is 6.20 Å². The molecule has 2 unspecified atom stereocenters. The van der Waals surface area contributed by atoms with Crippen molar-refractivity contribution in [1.82, 2.24) is 15.0 Å². The van der Waals surface area contributed by atoms with Crippen molar-refractivity contribution in [3.8, 4) is 0 Å². The lowest BCUT2D eigenvalue weighted by atomic mass is 9.56. The Balaban J connectivity index is 1.76. The lowest BCUT2D eigenvalue weighted by Crippen LogP contribution is -2.63. The van der Waals surface area contributed by atoms with Gasteiger partial charge in [-0.25, -0.2) is 15.0 Å². The third-order valence-corrected chi connectivity index (χ3v) is 7.07. The topological polar surface area (TPSA) is 45.2 Å². The van der Waals surface area contributed by atoms with Crippen LogP contribution in [0.4, 0.5) is 23.1 Å². The molecule has 0 radical (unpaired) electrons. The fourth-order valence-electron chi connectivity index (χ4n) is 5.30. The van der Waals surface area contributed by atoms with Crippen LogP contribution < -0.4 is 9.80 Å². The van der Waals surface area contributed by atoms with E-state index in [2.05, 4.69) is 67.0 Å². The first kappa shape index (κ1) is 15.1. The lowest BCUT2D eigenvalue weighted by molar-refractivity contribution is 0.119. The van der Waals surface area contributed by atoms with Crippen molar-refractivity contribution in [2.75, 3.05) is 9.80 Å². The molecule has 5 nitrogen and oxygen atoms in total. The molecule has 6 heterocycles. The van der Waals surface area contributed by atoms with Crippen LogP contribution in [-0.2, 0) is 11.8 Å². The molecule has 0 saturated heterocycles. The second kappa shape index (κ2) is 4.66. The monoisotopic (exact) mass is 355 g/mol. The minimum absolute atomic E-state index is 0.0300. The largest absolute Gasteiger partial charge is 0.301 e. The summed E-state index contributed by atoms with van der Waals surface area (Å²) >= 11 is 0. The van der Waals surface area contributed by atoms with E-state index in [0.717, 1.165) is 23.9 Å². The fourth-order valence-corrected chi connectivity index (χ4v) is 5.30. The van der Waals surface area contributed by atoms with Gasteiger partial charge in [-0.3, -0.25) is 4.90 Å². The molecule has 1 aromatic carbocycles. The Morgan fingerprint density at radius 3 is 2.37 bits per heavy atom. The van der Waals surface area contributed by atoms with Gasteiger partial charge in [-0.15, -0.1) is 0 Å². The molecule has 7 rings (SSSR count). The molecule has 0 saturated carbocycles. The van der Waals surface area contributed by atoms with Gasteiger partial charge in [0, 0.05) is 35.1 Å². The maximum absolute atomic E-state index is 4.75. The van der Waals surface area contributed by atoms with Gasteiger partial charge in [0.2, 0.25) is 0 Å². The van der Waals surface area contributed by atoms with Crippen LogP contribution in [0.25, 0.3) is 0 Å². The van der Waals surface area contributed by atoms with Gasteiger partial charge < -0.3 is 4.90 Å². The van der Waals surface area contributed by atoms with E-state index in [0.29, 0.717) is 0 Å². The van der Waals surface area contributed by atoms with Crippen molar-refractivity contribution in [1.29, 1.82) is 0 Å². The number of nitrogens with zero attached hydrogens (tertiary/aromatic N) is 5. The van der Waals surface area contributed by atoms with Gasteiger partial charge in [0.05, 0.1) is 0 Å². The smallest absolute Gasteiger partial charge is 0.179 e. The van der Waals surface area contributed by atoms with Gasteiger partial charge in [0.1, 0.15) is 12.0 Å². The first-order valence-corrected chi connectivity index (χ1v) is 9.46. The number of benzene rings is 1. The second-order valence-electron chi connectivity index (χ2n) is 8.58. The number of anilines is 4. The molecule has 3 aromatic rings. The van der Waals surface area contributed by atoms with Crippen molar-refractivity contribution in [2.45, 2.75) is 38.8 Å². The summed E-state index contributed by atoms with van der Waals surface area (Å²) in [5.41, 5.74) is 3.79. The minimum atomic E-state index is -0.0541. The van der Waals surface area contributed by atoms with Crippen molar-refractivity contribution in [2.24, 2.45) is 5.41 Å². The summed E-state index contributed by atoms with van der Waals surface area (Å²) in [4.78, 5) is 18.9. The van der Waals surface area contributed by atoms with Crippen LogP contribution in [0.1, 0.15) is 31.9 Å². The summed E-state index contributed by atoms with van der Waals surface area (Å²) in [5, 5.41) is 0. The summed E-state index contributed by atoms with van der Waals surface area (Å²) in [6, 6.07) is 13.1. The summed E-state index contributed by atoms with van der Waals surface area (Å²) in [6.45, 7) is 7.18. The zero-order valence-electron chi connectivity index (χ0n) is 15.7. The van der Waals surface area contributed by atoms with Crippen LogP contribution in [0.5, 0.6) is 0 Å². The molecule has 0 amide bonds.